The van der Waals surface area contributed by atoms with E-state index in [1.54, 1.807) is 24.5 Å². The smallest absolute Gasteiger partial charge is 0.333 e. The molecule has 0 radical (unpaired) electrons. The Labute approximate surface area is 140 Å². The number of carbonyl (C=O) groups excluding carboxylic acids is 2. The van der Waals surface area contributed by atoms with Crippen LogP contribution in [0.4, 0.5) is 0 Å². The Bertz CT molecular complexity index is 506. The number of aromatic nitrogens is 1. The molecular weight excluding hydrogens is 316 g/mol. The van der Waals surface area contributed by atoms with E-state index in [9.17, 15) is 9.59 Å². The largest absolute Gasteiger partial charge is 0.467 e. The Morgan fingerprint density at radius 1 is 1.52 bits per heavy atom. The van der Waals surface area contributed by atoms with Crippen molar-refractivity contribution in [2.75, 3.05) is 25.2 Å². The van der Waals surface area contributed by atoms with E-state index in [0.29, 0.717) is 5.56 Å². The van der Waals surface area contributed by atoms with Gasteiger partial charge in [0.25, 0.3) is 0 Å². The average molecular weight is 338 g/mol. The zero-order valence-corrected chi connectivity index (χ0v) is 14.0. The van der Waals surface area contributed by atoms with Gasteiger partial charge in [-0.05, 0) is 25.3 Å². The van der Waals surface area contributed by atoms with Crippen molar-refractivity contribution in [2.24, 2.45) is 0 Å². The van der Waals surface area contributed by atoms with Crippen LogP contribution in [0.25, 0.3) is 0 Å². The predicted octanol–water partition coefficient (Wildman–Crippen LogP) is 1.71. The Morgan fingerprint density at radius 3 is 3.04 bits per heavy atom. The number of hydrogen-bond donors (Lipinski definition) is 1. The maximum Gasteiger partial charge on any atom is 0.333 e. The molecule has 23 heavy (non-hydrogen) atoms. The molecule has 2 heterocycles. The number of methoxy groups -OCH3 is 1. The molecule has 2 unspecified atom stereocenters. The highest BCUT2D eigenvalue weighted by Gasteiger charge is 2.24. The molecule has 1 aromatic heterocycles. The Hall–Kier alpha value is -1.60. The fourth-order valence-electron chi connectivity index (χ4n) is 2.37. The van der Waals surface area contributed by atoms with E-state index in [1.807, 2.05) is 0 Å². The molecule has 1 aromatic rings. The minimum atomic E-state index is -0.826. The third kappa shape index (κ3) is 5.84. The van der Waals surface area contributed by atoms with Crippen molar-refractivity contribution in [2.45, 2.75) is 31.4 Å². The van der Waals surface area contributed by atoms with Crippen LogP contribution in [0, 0.1) is 0 Å². The number of hydrogen-bond acceptors (Lipinski definition) is 6. The maximum absolute atomic E-state index is 12.1. The van der Waals surface area contributed by atoms with Gasteiger partial charge in [-0.2, -0.15) is 0 Å². The average Bonchev–Trinajstić information content (AvgIpc) is 2.60. The summed E-state index contributed by atoms with van der Waals surface area (Å²) in [4.78, 5) is 27.9. The van der Waals surface area contributed by atoms with Crippen LogP contribution in [0.3, 0.4) is 0 Å². The normalized spacial score (nSPS) is 18.9. The Morgan fingerprint density at radius 2 is 2.39 bits per heavy atom. The quantitative estimate of drug-likeness (QED) is 0.763. The van der Waals surface area contributed by atoms with Crippen molar-refractivity contribution < 1.29 is 19.1 Å². The first-order valence-electron chi connectivity index (χ1n) is 7.67. The van der Waals surface area contributed by atoms with Gasteiger partial charge in [-0.25, -0.2) is 4.79 Å². The number of nitrogens with zero attached hydrogens (tertiary/aromatic N) is 1. The first-order chi connectivity index (χ1) is 11.2. The molecule has 0 saturated carbocycles. The summed E-state index contributed by atoms with van der Waals surface area (Å²) in [5, 5.41) is 2.71. The number of thioether (sulfide) groups is 1. The summed E-state index contributed by atoms with van der Waals surface area (Å²) in [7, 11) is 1.30. The van der Waals surface area contributed by atoms with E-state index in [0.717, 1.165) is 25.2 Å². The highest BCUT2D eigenvalue weighted by Crippen LogP contribution is 2.18. The van der Waals surface area contributed by atoms with Gasteiger partial charge >= 0.3 is 5.97 Å². The van der Waals surface area contributed by atoms with Gasteiger partial charge in [0.15, 0.2) is 6.04 Å². The highest BCUT2D eigenvalue weighted by atomic mass is 32.2. The van der Waals surface area contributed by atoms with Crippen molar-refractivity contribution in [3.8, 4) is 0 Å². The molecule has 1 aliphatic heterocycles. The van der Waals surface area contributed by atoms with Crippen LogP contribution < -0.4 is 5.32 Å². The van der Waals surface area contributed by atoms with Gasteiger partial charge in [0, 0.05) is 30.3 Å². The van der Waals surface area contributed by atoms with Crippen LogP contribution in [-0.4, -0.2) is 48.2 Å². The minimum Gasteiger partial charge on any atom is -0.467 e. The molecule has 6 nitrogen and oxygen atoms in total. The molecule has 2 rings (SSSR count). The predicted molar refractivity (Wildman–Crippen MR) is 88.1 cm³/mol. The fourth-order valence-corrected chi connectivity index (χ4v) is 3.28. The number of esters is 1. The lowest BCUT2D eigenvalue weighted by Crippen LogP contribution is -2.36. The lowest BCUT2D eigenvalue weighted by atomic mass is 10.1. The molecule has 1 N–H and O–H groups in total. The van der Waals surface area contributed by atoms with Crippen LogP contribution in [-0.2, 0) is 19.1 Å². The van der Waals surface area contributed by atoms with Gasteiger partial charge in [-0.1, -0.05) is 6.07 Å². The lowest BCUT2D eigenvalue weighted by molar-refractivity contribution is -0.145. The second-order valence-electron chi connectivity index (χ2n) is 5.31. The van der Waals surface area contributed by atoms with E-state index in [-0.39, 0.29) is 17.8 Å². The fraction of sp³-hybridized carbons (Fsp3) is 0.562. The molecule has 7 heteroatoms. The van der Waals surface area contributed by atoms with Crippen LogP contribution >= 0.6 is 11.8 Å². The number of rotatable bonds is 7. The summed E-state index contributed by atoms with van der Waals surface area (Å²) in [5.74, 6) is 0.369. The first-order valence-corrected chi connectivity index (χ1v) is 8.82. The summed E-state index contributed by atoms with van der Waals surface area (Å²) >= 11 is 1.52. The minimum absolute atomic E-state index is 0.204. The van der Waals surface area contributed by atoms with Crippen molar-refractivity contribution in [1.82, 2.24) is 10.3 Å². The Kier molecular flexibility index (Phi) is 7.35. The van der Waals surface area contributed by atoms with Gasteiger partial charge in [0.05, 0.1) is 19.0 Å². The topological polar surface area (TPSA) is 77.5 Å². The molecule has 0 bridgehead atoms. The first kappa shape index (κ1) is 17.7. The third-order valence-electron chi connectivity index (χ3n) is 3.57. The monoisotopic (exact) mass is 338 g/mol. The zero-order chi connectivity index (χ0) is 16.5. The Balaban J connectivity index is 1.81. The van der Waals surface area contributed by atoms with Crippen molar-refractivity contribution in [3.63, 3.8) is 0 Å². The van der Waals surface area contributed by atoms with E-state index in [2.05, 4.69) is 10.3 Å². The maximum atomic E-state index is 12.1. The molecule has 2 atom stereocenters. The summed E-state index contributed by atoms with van der Waals surface area (Å²) in [5.41, 5.74) is 0.605. The van der Waals surface area contributed by atoms with Gasteiger partial charge in [0.2, 0.25) is 5.91 Å². The highest BCUT2D eigenvalue weighted by molar-refractivity contribution is 7.99. The lowest BCUT2D eigenvalue weighted by Gasteiger charge is -2.22. The van der Waals surface area contributed by atoms with Crippen molar-refractivity contribution >= 4 is 23.6 Å². The van der Waals surface area contributed by atoms with Crippen LogP contribution in [0.15, 0.2) is 24.5 Å². The second-order valence-corrected chi connectivity index (χ2v) is 6.34. The zero-order valence-electron chi connectivity index (χ0n) is 13.2. The molecule has 1 fully saturated rings. The van der Waals surface area contributed by atoms with E-state index in [1.165, 1.54) is 25.3 Å². The molecule has 0 aromatic carbocycles. The molecule has 126 valence electrons. The second kappa shape index (κ2) is 9.52. The summed E-state index contributed by atoms with van der Waals surface area (Å²) in [6.45, 7) is 0.808. The third-order valence-corrected chi connectivity index (χ3v) is 4.64. The van der Waals surface area contributed by atoms with Crippen molar-refractivity contribution in [1.29, 1.82) is 0 Å². The number of pyridine rings is 1. The van der Waals surface area contributed by atoms with E-state index < -0.39 is 12.0 Å². The van der Waals surface area contributed by atoms with E-state index >= 15 is 0 Å². The van der Waals surface area contributed by atoms with Crippen LogP contribution in [0.2, 0.25) is 0 Å². The summed E-state index contributed by atoms with van der Waals surface area (Å²) in [6, 6.07) is 2.62. The van der Waals surface area contributed by atoms with Gasteiger partial charge in [-0.15, -0.1) is 11.8 Å². The molecular formula is C16H22N2O4S. The van der Waals surface area contributed by atoms with E-state index in [4.69, 9.17) is 9.47 Å². The molecule has 0 aliphatic carbocycles. The molecule has 1 aliphatic rings. The van der Waals surface area contributed by atoms with Gasteiger partial charge in [0.1, 0.15) is 0 Å². The summed E-state index contributed by atoms with van der Waals surface area (Å²) in [6.07, 6.45) is 6.74. The van der Waals surface area contributed by atoms with Crippen LogP contribution in [0.1, 0.15) is 30.9 Å². The van der Waals surface area contributed by atoms with Gasteiger partial charge < -0.3 is 14.8 Å². The van der Waals surface area contributed by atoms with Crippen LogP contribution in [0.5, 0.6) is 0 Å². The molecule has 1 amide bonds. The SMILES string of the molecule is COC(=O)C(NC(=O)CSCC1CCCCO1)c1cccnc1. The standard InChI is InChI=1S/C16H22N2O4S/c1-21-16(20)15(12-5-4-7-17-9-12)18-14(19)11-23-10-13-6-2-3-8-22-13/h4-5,7,9,13,15H,2-3,6,8,10-11H2,1H3,(H,18,19). The number of nitrogens with one attached hydrogen (secondary N) is 1. The van der Waals surface area contributed by atoms with Gasteiger partial charge in [-0.3, -0.25) is 9.78 Å². The van der Waals surface area contributed by atoms with Crippen molar-refractivity contribution in [3.05, 3.63) is 30.1 Å². The molecule has 1 saturated heterocycles. The number of carbonyl (C=O) groups is 2. The summed E-state index contributed by atoms with van der Waals surface area (Å²) < 4.78 is 10.4. The number of ether oxygens (including phenoxy) is 2. The molecule has 0 spiro atoms. The number of amides is 1.